The highest BCUT2D eigenvalue weighted by atomic mass is 31.2. The molecule has 0 N–H and O–H groups in total. The molecule has 0 aromatic carbocycles. The van der Waals surface area contributed by atoms with Crippen molar-refractivity contribution in [2.45, 2.75) is 135 Å². The quantitative estimate of drug-likeness (QED) is 0.0646. The molecule has 0 amide bonds. The van der Waals surface area contributed by atoms with E-state index < -0.39 is 8.60 Å². The van der Waals surface area contributed by atoms with Crippen molar-refractivity contribution in [2.24, 2.45) is 0 Å². The minimum absolute atomic E-state index is 0.762. The molecule has 4 heteroatoms. The maximum Gasteiger partial charge on any atom is 0.332 e. The molecule has 0 aliphatic carbocycles. The van der Waals surface area contributed by atoms with Gasteiger partial charge in [-0.25, -0.2) is 0 Å². The third-order valence-electron chi connectivity index (χ3n) is 5.69. The Morgan fingerprint density at radius 1 is 0.469 bits per heavy atom. The molecule has 32 heavy (non-hydrogen) atoms. The Hall–Kier alpha value is -0.210. The lowest BCUT2D eigenvalue weighted by molar-refractivity contribution is 0.153. The molecule has 0 aliphatic rings. The van der Waals surface area contributed by atoms with Gasteiger partial charge in [0.1, 0.15) is 0 Å². The lowest BCUT2D eigenvalue weighted by atomic mass is 10.1. The molecule has 0 atom stereocenters. The first kappa shape index (κ1) is 31.8. The normalized spacial score (nSPS) is 11.3. The molecule has 0 saturated heterocycles. The van der Waals surface area contributed by atoms with Crippen molar-refractivity contribution in [3.8, 4) is 0 Å². The fourth-order valence-corrected chi connectivity index (χ4v) is 4.67. The maximum atomic E-state index is 6.00. The summed E-state index contributed by atoms with van der Waals surface area (Å²) in [6.07, 6.45) is 29.1. The Morgan fingerprint density at radius 2 is 0.781 bits per heavy atom. The van der Waals surface area contributed by atoms with E-state index in [1.165, 1.54) is 96.3 Å². The van der Waals surface area contributed by atoms with Gasteiger partial charge in [0, 0.05) is 0 Å². The fourth-order valence-electron chi connectivity index (χ4n) is 3.61. The van der Waals surface area contributed by atoms with Crippen LogP contribution in [0.5, 0.6) is 0 Å². The van der Waals surface area contributed by atoms with Crippen molar-refractivity contribution in [3.05, 3.63) is 25.3 Å². The monoisotopic (exact) mass is 470 g/mol. The van der Waals surface area contributed by atoms with Gasteiger partial charge in [0.25, 0.3) is 0 Å². The highest BCUT2D eigenvalue weighted by Gasteiger charge is 2.12. The first-order valence-corrected chi connectivity index (χ1v) is 14.8. The van der Waals surface area contributed by atoms with Crippen LogP contribution in [0.2, 0.25) is 0 Å². The van der Waals surface area contributed by atoms with Crippen LogP contribution in [-0.4, -0.2) is 19.8 Å². The number of hydrogen-bond acceptors (Lipinski definition) is 3. The summed E-state index contributed by atoms with van der Waals surface area (Å²) in [6, 6.07) is 0. The molecule has 190 valence electrons. The van der Waals surface area contributed by atoms with Crippen molar-refractivity contribution in [1.29, 1.82) is 0 Å². The lowest BCUT2D eigenvalue weighted by Crippen LogP contribution is -2.00. The van der Waals surface area contributed by atoms with Crippen molar-refractivity contribution < 1.29 is 13.6 Å². The summed E-state index contributed by atoms with van der Waals surface area (Å²) in [5.41, 5.74) is 0. The van der Waals surface area contributed by atoms with E-state index in [2.05, 4.69) is 20.1 Å². The zero-order valence-corrected chi connectivity index (χ0v) is 22.4. The summed E-state index contributed by atoms with van der Waals surface area (Å²) >= 11 is 0. The molecule has 0 aliphatic heterocycles. The minimum atomic E-state index is -1.18. The third kappa shape index (κ3) is 26.0. The molecule has 0 heterocycles. The zero-order chi connectivity index (χ0) is 23.4. The molecule has 0 spiro atoms. The number of hydrogen-bond donors (Lipinski definition) is 0. The summed E-state index contributed by atoms with van der Waals surface area (Å²) in [7, 11) is -1.18. The van der Waals surface area contributed by atoms with Crippen LogP contribution < -0.4 is 0 Å². The van der Waals surface area contributed by atoms with E-state index in [4.69, 9.17) is 13.6 Å². The van der Waals surface area contributed by atoms with E-state index in [1.54, 1.807) is 0 Å². The van der Waals surface area contributed by atoms with Gasteiger partial charge >= 0.3 is 8.60 Å². The summed E-state index contributed by atoms with van der Waals surface area (Å²) < 4.78 is 18.0. The molecule has 3 nitrogen and oxygen atoms in total. The maximum absolute atomic E-state index is 6.00. The zero-order valence-electron chi connectivity index (χ0n) is 21.5. The molecule has 0 saturated carbocycles. The van der Waals surface area contributed by atoms with Crippen LogP contribution in [-0.2, 0) is 13.6 Å². The van der Waals surface area contributed by atoms with Crippen LogP contribution in [0.1, 0.15) is 135 Å². The highest BCUT2D eigenvalue weighted by molar-refractivity contribution is 7.41. The standard InChI is InChI=1S/C28H55O3P/c1-4-7-10-13-16-18-21-24-27-30-32(29-26-23-20-15-12-9-6-3)31-28-25-22-19-17-14-11-8-5-2/h4-5H,1-2,6-28H2,3H3. The second-order valence-corrected chi connectivity index (χ2v) is 10.1. The van der Waals surface area contributed by atoms with Crippen molar-refractivity contribution >= 4 is 8.60 Å². The van der Waals surface area contributed by atoms with Gasteiger partial charge in [-0.1, -0.05) is 103 Å². The Bertz CT molecular complexity index is 350. The number of allylic oxidation sites excluding steroid dienone is 2. The van der Waals surface area contributed by atoms with Crippen molar-refractivity contribution in [3.63, 3.8) is 0 Å². The van der Waals surface area contributed by atoms with E-state index in [9.17, 15) is 0 Å². The molecule has 0 unspecified atom stereocenters. The van der Waals surface area contributed by atoms with Crippen molar-refractivity contribution in [1.82, 2.24) is 0 Å². The first-order chi connectivity index (χ1) is 15.8. The Balaban J connectivity index is 3.84. The summed E-state index contributed by atoms with van der Waals surface area (Å²) in [4.78, 5) is 0. The highest BCUT2D eigenvalue weighted by Crippen LogP contribution is 2.40. The van der Waals surface area contributed by atoms with Gasteiger partial charge in [-0.15, -0.1) is 13.2 Å². The predicted molar refractivity (Wildman–Crippen MR) is 143 cm³/mol. The van der Waals surface area contributed by atoms with Gasteiger partial charge in [-0.05, 0) is 44.9 Å². The molecular weight excluding hydrogens is 415 g/mol. The first-order valence-electron chi connectivity index (χ1n) is 13.8. The van der Waals surface area contributed by atoms with Crippen LogP contribution in [0.4, 0.5) is 0 Å². The molecule has 0 rings (SSSR count). The summed E-state index contributed by atoms with van der Waals surface area (Å²) in [6.45, 7) is 12.1. The Labute approximate surface area is 202 Å². The molecule has 0 fully saturated rings. The van der Waals surface area contributed by atoms with E-state index in [0.717, 1.165) is 51.9 Å². The summed E-state index contributed by atoms with van der Waals surface area (Å²) in [5, 5.41) is 0. The molecule has 0 bridgehead atoms. The van der Waals surface area contributed by atoms with Gasteiger partial charge in [0.05, 0.1) is 19.8 Å². The van der Waals surface area contributed by atoms with Crippen molar-refractivity contribution in [2.75, 3.05) is 19.8 Å². The van der Waals surface area contributed by atoms with Gasteiger partial charge in [-0.3, -0.25) is 0 Å². The average molecular weight is 471 g/mol. The smallest absolute Gasteiger partial charge is 0.312 e. The lowest BCUT2D eigenvalue weighted by Gasteiger charge is -2.17. The van der Waals surface area contributed by atoms with Gasteiger partial charge < -0.3 is 13.6 Å². The fraction of sp³-hybridized carbons (Fsp3) is 0.857. The molecule has 0 radical (unpaired) electrons. The van der Waals surface area contributed by atoms with Crippen LogP contribution >= 0.6 is 8.60 Å². The average Bonchev–Trinajstić information content (AvgIpc) is 2.80. The van der Waals surface area contributed by atoms with E-state index in [0.29, 0.717) is 0 Å². The van der Waals surface area contributed by atoms with E-state index >= 15 is 0 Å². The van der Waals surface area contributed by atoms with Crippen LogP contribution in [0.3, 0.4) is 0 Å². The Morgan fingerprint density at radius 3 is 1.12 bits per heavy atom. The summed E-state index contributed by atoms with van der Waals surface area (Å²) in [5.74, 6) is 0. The van der Waals surface area contributed by atoms with Gasteiger partial charge in [0.2, 0.25) is 0 Å². The molecular formula is C28H55O3P. The van der Waals surface area contributed by atoms with Crippen LogP contribution in [0.25, 0.3) is 0 Å². The predicted octanol–water partition coefficient (Wildman–Crippen LogP) is 10.5. The minimum Gasteiger partial charge on any atom is -0.312 e. The number of rotatable bonds is 28. The van der Waals surface area contributed by atoms with E-state index in [-0.39, 0.29) is 0 Å². The number of unbranched alkanes of at least 4 members (excludes halogenated alkanes) is 17. The second-order valence-electron chi connectivity index (χ2n) is 8.89. The Kier molecular flexibility index (Phi) is 28.6. The van der Waals surface area contributed by atoms with Crippen LogP contribution in [0.15, 0.2) is 25.3 Å². The van der Waals surface area contributed by atoms with Gasteiger partial charge in [0.15, 0.2) is 0 Å². The van der Waals surface area contributed by atoms with E-state index in [1.807, 2.05) is 12.2 Å². The third-order valence-corrected chi connectivity index (χ3v) is 6.87. The topological polar surface area (TPSA) is 27.7 Å². The molecule has 0 aromatic rings. The SMILES string of the molecule is C=CCCCCCCCCOP(OCCCCCCCC)OCCCCCCCCC=C. The van der Waals surface area contributed by atoms with Crippen LogP contribution in [0, 0.1) is 0 Å². The molecule has 0 aromatic heterocycles. The van der Waals surface area contributed by atoms with Gasteiger partial charge in [-0.2, -0.15) is 0 Å². The second kappa shape index (κ2) is 28.8. The largest absolute Gasteiger partial charge is 0.332 e.